The van der Waals surface area contributed by atoms with Crippen molar-refractivity contribution in [1.29, 1.82) is 0 Å². The SMILES string of the molecule is CC1C2=C(C=C3C=CCCC31)Nc1ccccc1N2. The van der Waals surface area contributed by atoms with E-state index in [4.69, 9.17) is 0 Å². The van der Waals surface area contributed by atoms with Crippen LogP contribution in [-0.4, -0.2) is 0 Å². The van der Waals surface area contributed by atoms with E-state index < -0.39 is 0 Å². The topological polar surface area (TPSA) is 24.1 Å². The highest BCUT2D eigenvalue weighted by molar-refractivity contribution is 5.78. The fourth-order valence-electron chi connectivity index (χ4n) is 3.45. The number of hydrogen-bond donors (Lipinski definition) is 2. The second-order valence-electron chi connectivity index (χ2n) is 5.64. The summed E-state index contributed by atoms with van der Waals surface area (Å²) in [4.78, 5) is 0. The van der Waals surface area contributed by atoms with Crippen LogP contribution in [0.5, 0.6) is 0 Å². The number of allylic oxidation sites excluding steroid dienone is 5. The molecule has 0 radical (unpaired) electrons. The highest BCUT2D eigenvalue weighted by Gasteiger charge is 2.32. The molecule has 96 valence electrons. The summed E-state index contributed by atoms with van der Waals surface area (Å²) in [5, 5.41) is 7.20. The van der Waals surface area contributed by atoms with Gasteiger partial charge in [0.2, 0.25) is 0 Å². The largest absolute Gasteiger partial charge is 0.355 e. The number of nitrogens with one attached hydrogen (secondary N) is 2. The van der Waals surface area contributed by atoms with Crippen LogP contribution in [0.25, 0.3) is 0 Å². The molecule has 0 aromatic heterocycles. The molecule has 0 saturated heterocycles. The lowest BCUT2D eigenvalue weighted by Crippen LogP contribution is -2.30. The maximum atomic E-state index is 3.63. The molecular formula is C17H18N2. The van der Waals surface area contributed by atoms with Gasteiger partial charge in [-0.25, -0.2) is 0 Å². The quantitative estimate of drug-likeness (QED) is 0.718. The van der Waals surface area contributed by atoms with Gasteiger partial charge in [-0.2, -0.15) is 0 Å². The standard InChI is InChI=1S/C17H18N2/c1-11-13-7-3-2-6-12(13)10-16-17(11)19-15-9-5-4-8-14(15)18-16/h2,4-6,8-11,13,18-19H,3,7H2,1H3. The predicted octanol–water partition coefficient (Wildman–Crippen LogP) is 4.28. The Morgan fingerprint density at radius 1 is 1.11 bits per heavy atom. The van der Waals surface area contributed by atoms with Crippen LogP contribution in [0.2, 0.25) is 0 Å². The average molecular weight is 250 g/mol. The maximum Gasteiger partial charge on any atom is 0.0623 e. The number of hydrogen-bond acceptors (Lipinski definition) is 2. The Labute approximate surface area is 113 Å². The van der Waals surface area contributed by atoms with Crippen molar-refractivity contribution in [3.05, 3.63) is 59.5 Å². The fraction of sp³-hybridized carbons (Fsp3) is 0.294. The molecule has 1 aromatic rings. The Kier molecular flexibility index (Phi) is 2.31. The van der Waals surface area contributed by atoms with Crippen molar-refractivity contribution >= 4 is 11.4 Å². The van der Waals surface area contributed by atoms with E-state index in [9.17, 15) is 0 Å². The van der Waals surface area contributed by atoms with E-state index in [1.807, 2.05) is 0 Å². The van der Waals surface area contributed by atoms with E-state index >= 15 is 0 Å². The summed E-state index contributed by atoms with van der Waals surface area (Å²) in [7, 11) is 0. The molecule has 2 N–H and O–H groups in total. The highest BCUT2D eigenvalue weighted by Crippen LogP contribution is 2.43. The van der Waals surface area contributed by atoms with Crippen LogP contribution in [0.15, 0.2) is 59.5 Å². The third-order valence-electron chi connectivity index (χ3n) is 4.51. The van der Waals surface area contributed by atoms with Crippen molar-refractivity contribution in [1.82, 2.24) is 0 Å². The molecule has 0 saturated carbocycles. The molecule has 1 heterocycles. The molecule has 2 atom stereocenters. The zero-order valence-electron chi connectivity index (χ0n) is 11.1. The minimum Gasteiger partial charge on any atom is -0.355 e. The van der Waals surface area contributed by atoms with Crippen molar-refractivity contribution in [2.24, 2.45) is 11.8 Å². The van der Waals surface area contributed by atoms with Crippen molar-refractivity contribution in [2.45, 2.75) is 19.8 Å². The van der Waals surface area contributed by atoms with Crippen molar-refractivity contribution in [3.8, 4) is 0 Å². The first kappa shape index (κ1) is 10.9. The molecule has 0 amide bonds. The Bertz CT molecular complexity index is 622. The van der Waals surface area contributed by atoms with Gasteiger partial charge < -0.3 is 10.6 Å². The Morgan fingerprint density at radius 3 is 2.74 bits per heavy atom. The van der Waals surface area contributed by atoms with E-state index in [1.54, 1.807) is 0 Å². The zero-order chi connectivity index (χ0) is 12.8. The monoisotopic (exact) mass is 250 g/mol. The second kappa shape index (κ2) is 4.02. The molecule has 3 aliphatic rings. The summed E-state index contributed by atoms with van der Waals surface area (Å²) in [5.74, 6) is 1.23. The normalized spacial score (nSPS) is 27.5. The van der Waals surface area contributed by atoms with Gasteiger partial charge in [-0.1, -0.05) is 31.2 Å². The van der Waals surface area contributed by atoms with Crippen molar-refractivity contribution in [2.75, 3.05) is 10.6 Å². The average Bonchev–Trinajstić information content (AvgIpc) is 2.46. The number of anilines is 2. The minimum absolute atomic E-state index is 0.556. The van der Waals surface area contributed by atoms with E-state index in [1.165, 1.54) is 41.2 Å². The first-order chi connectivity index (χ1) is 9.33. The molecule has 1 aliphatic heterocycles. The lowest BCUT2D eigenvalue weighted by atomic mass is 9.74. The van der Waals surface area contributed by atoms with Crippen molar-refractivity contribution in [3.63, 3.8) is 0 Å². The smallest absolute Gasteiger partial charge is 0.0623 e. The number of para-hydroxylation sites is 2. The minimum atomic E-state index is 0.556. The van der Waals surface area contributed by atoms with E-state index in [-0.39, 0.29) is 0 Å². The first-order valence-electron chi connectivity index (χ1n) is 7.08. The molecule has 0 fully saturated rings. The van der Waals surface area contributed by atoms with Gasteiger partial charge in [0.05, 0.1) is 17.1 Å². The van der Waals surface area contributed by atoms with E-state index in [0.717, 1.165) is 0 Å². The van der Waals surface area contributed by atoms with Crippen LogP contribution < -0.4 is 10.6 Å². The molecule has 19 heavy (non-hydrogen) atoms. The third-order valence-corrected chi connectivity index (χ3v) is 4.51. The van der Waals surface area contributed by atoms with Crippen LogP contribution >= 0.6 is 0 Å². The van der Waals surface area contributed by atoms with Gasteiger partial charge in [0.25, 0.3) is 0 Å². The number of rotatable bonds is 0. The Balaban J connectivity index is 1.79. The number of benzene rings is 1. The maximum absolute atomic E-state index is 3.63. The predicted molar refractivity (Wildman–Crippen MR) is 79.8 cm³/mol. The molecule has 2 nitrogen and oxygen atoms in total. The lowest BCUT2D eigenvalue weighted by molar-refractivity contribution is 0.429. The summed E-state index contributed by atoms with van der Waals surface area (Å²) in [6.07, 6.45) is 9.39. The Hall–Kier alpha value is -1.96. The molecule has 2 aliphatic carbocycles. The Morgan fingerprint density at radius 2 is 1.89 bits per heavy atom. The van der Waals surface area contributed by atoms with E-state index in [0.29, 0.717) is 11.8 Å². The van der Waals surface area contributed by atoms with Crippen LogP contribution in [0.3, 0.4) is 0 Å². The summed E-state index contributed by atoms with van der Waals surface area (Å²) in [6.45, 7) is 2.34. The molecule has 0 bridgehead atoms. The van der Waals surface area contributed by atoms with Gasteiger partial charge in [0.1, 0.15) is 0 Å². The van der Waals surface area contributed by atoms with Gasteiger partial charge in [-0.3, -0.25) is 0 Å². The fourth-order valence-corrected chi connectivity index (χ4v) is 3.45. The van der Waals surface area contributed by atoms with Gasteiger partial charge in [-0.05, 0) is 42.5 Å². The summed E-state index contributed by atoms with van der Waals surface area (Å²) < 4.78 is 0. The van der Waals surface area contributed by atoms with Crippen LogP contribution in [0.4, 0.5) is 11.4 Å². The molecule has 0 spiro atoms. The molecule has 1 aromatic carbocycles. The number of fused-ring (bicyclic) bond motifs is 2. The van der Waals surface area contributed by atoms with Crippen LogP contribution in [0.1, 0.15) is 19.8 Å². The zero-order valence-corrected chi connectivity index (χ0v) is 11.1. The van der Waals surface area contributed by atoms with Gasteiger partial charge in [0.15, 0.2) is 0 Å². The van der Waals surface area contributed by atoms with Crippen LogP contribution in [-0.2, 0) is 0 Å². The van der Waals surface area contributed by atoms with Gasteiger partial charge in [-0.15, -0.1) is 0 Å². The third kappa shape index (κ3) is 1.63. The summed E-state index contributed by atoms with van der Waals surface area (Å²) in [6, 6.07) is 8.41. The van der Waals surface area contributed by atoms with E-state index in [2.05, 4.69) is 60.1 Å². The van der Waals surface area contributed by atoms with Gasteiger partial charge in [0, 0.05) is 11.6 Å². The molecular weight excluding hydrogens is 232 g/mol. The summed E-state index contributed by atoms with van der Waals surface area (Å²) >= 11 is 0. The molecule has 4 rings (SSSR count). The molecule has 2 heteroatoms. The first-order valence-corrected chi connectivity index (χ1v) is 7.08. The second-order valence-corrected chi connectivity index (χ2v) is 5.64. The van der Waals surface area contributed by atoms with Crippen LogP contribution in [0, 0.1) is 11.8 Å². The van der Waals surface area contributed by atoms with Crippen molar-refractivity contribution < 1.29 is 0 Å². The molecule has 2 unspecified atom stereocenters. The van der Waals surface area contributed by atoms with Gasteiger partial charge >= 0.3 is 0 Å². The lowest BCUT2D eigenvalue weighted by Gasteiger charge is -2.38. The summed E-state index contributed by atoms with van der Waals surface area (Å²) in [5.41, 5.74) is 6.43. The highest BCUT2D eigenvalue weighted by atomic mass is 15.0.